The van der Waals surface area contributed by atoms with Crippen LogP contribution < -0.4 is 10.1 Å². The summed E-state index contributed by atoms with van der Waals surface area (Å²) >= 11 is 6.10. The lowest BCUT2D eigenvalue weighted by Gasteiger charge is -2.31. The van der Waals surface area contributed by atoms with E-state index in [1.54, 1.807) is 30.3 Å². The number of ether oxygens (including phenoxy) is 1. The Bertz CT molecular complexity index is 978. The Balaban J connectivity index is 1.76. The molecule has 1 fully saturated rings. The molecule has 0 aromatic heterocycles. The van der Waals surface area contributed by atoms with Crippen molar-refractivity contribution in [2.24, 2.45) is 5.92 Å². The van der Waals surface area contributed by atoms with E-state index in [0.29, 0.717) is 35.8 Å². The summed E-state index contributed by atoms with van der Waals surface area (Å²) in [4.78, 5) is 12.9. The van der Waals surface area contributed by atoms with Crippen molar-refractivity contribution in [3.05, 3.63) is 53.1 Å². The third-order valence-corrected chi connectivity index (χ3v) is 7.17. The van der Waals surface area contributed by atoms with Gasteiger partial charge in [-0.1, -0.05) is 29.8 Å². The van der Waals surface area contributed by atoms with Crippen LogP contribution in [0.25, 0.3) is 0 Å². The number of aryl methyl sites for hydroxylation is 1. The van der Waals surface area contributed by atoms with Crippen LogP contribution in [0.3, 0.4) is 0 Å². The minimum atomic E-state index is -3.71. The fourth-order valence-corrected chi connectivity index (χ4v) is 5.04. The molecule has 1 heterocycles. The molecule has 0 saturated carbocycles. The maximum atomic E-state index is 13.0. The molecule has 0 aliphatic carbocycles. The average Bonchev–Trinajstić information content (AvgIpc) is 2.70. The number of amides is 1. The maximum Gasteiger partial charge on any atom is 0.243 e. The number of hydrogen-bond donors (Lipinski definition) is 1. The van der Waals surface area contributed by atoms with Gasteiger partial charge in [0, 0.05) is 18.1 Å². The first-order chi connectivity index (χ1) is 13.3. The number of methoxy groups -OCH3 is 1. The summed E-state index contributed by atoms with van der Waals surface area (Å²) < 4.78 is 32.6. The topological polar surface area (TPSA) is 75.7 Å². The summed E-state index contributed by atoms with van der Waals surface area (Å²) in [7, 11) is -2.17. The molecule has 1 aliphatic rings. The molecule has 1 saturated heterocycles. The molecular weight excluding hydrogens is 400 g/mol. The number of para-hydroxylation sites is 2. The van der Waals surface area contributed by atoms with Crippen LogP contribution in [0.4, 0.5) is 5.69 Å². The Kier molecular flexibility index (Phi) is 6.27. The summed E-state index contributed by atoms with van der Waals surface area (Å²) in [5.41, 5.74) is 1.38. The van der Waals surface area contributed by atoms with Gasteiger partial charge in [-0.05, 0) is 49.6 Å². The number of nitrogens with zero attached hydrogens (tertiary/aromatic N) is 1. The summed E-state index contributed by atoms with van der Waals surface area (Å²) in [5, 5.41) is 3.26. The van der Waals surface area contributed by atoms with Crippen molar-refractivity contribution in [3.8, 4) is 5.75 Å². The smallest absolute Gasteiger partial charge is 0.243 e. The van der Waals surface area contributed by atoms with Gasteiger partial charge in [0.05, 0.1) is 23.6 Å². The van der Waals surface area contributed by atoms with E-state index in [-0.39, 0.29) is 17.3 Å². The zero-order valence-corrected chi connectivity index (χ0v) is 17.4. The molecule has 1 atom stereocenters. The highest BCUT2D eigenvalue weighted by atomic mass is 35.5. The van der Waals surface area contributed by atoms with E-state index in [0.717, 1.165) is 5.56 Å². The minimum absolute atomic E-state index is 0.134. The van der Waals surface area contributed by atoms with Gasteiger partial charge < -0.3 is 10.1 Å². The Labute approximate surface area is 170 Å². The third kappa shape index (κ3) is 4.32. The predicted molar refractivity (Wildman–Crippen MR) is 109 cm³/mol. The third-order valence-electron chi connectivity index (χ3n) is 4.90. The number of carbonyl (C=O) groups excluding carboxylic acids is 1. The molecule has 0 bridgehead atoms. The van der Waals surface area contributed by atoms with Crippen LogP contribution >= 0.6 is 11.6 Å². The van der Waals surface area contributed by atoms with Crippen LogP contribution in [-0.4, -0.2) is 38.8 Å². The quantitative estimate of drug-likeness (QED) is 0.797. The molecule has 1 N–H and O–H groups in total. The molecule has 8 heteroatoms. The second-order valence-corrected chi connectivity index (χ2v) is 9.15. The van der Waals surface area contributed by atoms with Crippen molar-refractivity contribution in [2.45, 2.75) is 24.7 Å². The van der Waals surface area contributed by atoms with Crippen molar-refractivity contribution in [3.63, 3.8) is 0 Å². The molecule has 0 radical (unpaired) electrons. The first-order valence-electron chi connectivity index (χ1n) is 9.03. The predicted octanol–water partition coefficient (Wildman–Crippen LogP) is 3.70. The van der Waals surface area contributed by atoms with E-state index in [9.17, 15) is 13.2 Å². The lowest BCUT2D eigenvalue weighted by Crippen LogP contribution is -2.43. The van der Waals surface area contributed by atoms with Gasteiger partial charge in [0.15, 0.2) is 0 Å². The molecule has 2 aromatic rings. The monoisotopic (exact) mass is 422 g/mol. The van der Waals surface area contributed by atoms with Gasteiger partial charge in [-0.15, -0.1) is 0 Å². The Morgan fingerprint density at radius 1 is 1.25 bits per heavy atom. The van der Waals surface area contributed by atoms with Gasteiger partial charge in [-0.2, -0.15) is 4.31 Å². The summed E-state index contributed by atoms with van der Waals surface area (Å²) in [6.07, 6.45) is 1.24. The highest BCUT2D eigenvalue weighted by molar-refractivity contribution is 7.89. The van der Waals surface area contributed by atoms with Gasteiger partial charge in [0.2, 0.25) is 15.9 Å². The molecule has 3 rings (SSSR count). The number of sulfonamides is 1. The minimum Gasteiger partial charge on any atom is -0.495 e. The number of anilines is 1. The molecule has 1 amide bonds. The summed E-state index contributed by atoms with van der Waals surface area (Å²) in [6.45, 7) is 2.33. The van der Waals surface area contributed by atoms with E-state index in [1.807, 2.05) is 13.0 Å². The van der Waals surface area contributed by atoms with E-state index >= 15 is 0 Å². The summed E-state index contributed by atoms with van der Waals surface area (Å²) in [5.74, 6) is -0.0915. The van der Waals surface area contributed by atoms with Gasteiger partial charge in [-0.25, -0.2) is 8.42 Å². The van der Waals surface area contributed by atoms with Crippen LogP contribution in [0.1, 0.15) is 18.4 Å². The standard InChI is InChI=1S/C20H23ClN2O4S/c1-14-9-10-16(12-17(14)21)28(25,26)23-11-5-6-15(13-23)20(24)22-18-7-3-4-8-19(18)27-2/h3-4,7-10,12,15H,5-6,11,13H2,1-2H3,(H,22,24)/t15-/m0/s1. The first kappa shape index (κ1) is 20.6. The average molecular weight is 423 g/mol. The molecule has 1 aliphatic heterocycles. The second-order valence-electron chi connectivity index (χ2n) is 6.80. The highest BCUT2D eigenvalue weighted by Gasteiger charge is 2.33. The number of carbonyl (C=O) groups is 1. The normalized spacial score (nSPS) is 17.9. The van der Waals surface area contributed by atoms with E-state index in [4.69, 9.17) is 16.3 Å². The van der Waals surface area contributed by atoms with Crippen molar-refractivity contribution < 1.29 is 17.9 Å². The van der Waals surface area contributed by atoms with Crippen LogP contribution in [0.2, 0.25) is 5.02 Å². The number of nitrogens with one attached hydrogen (secondary N) is 1. The molecule has 0 spiro atoms. The number of hydrogen-bond acceptors (Lipinski definition) is 4. The van der Waals surface area contributed by atoms with Crippen LogP contribution in [0.5, 0.6) is 5.75 Å². The maximum absolute atomic E-state index is 13.0. The molecular formula is C20H23ClN2O4S. The number of piperidine rings is 1. The molecule has 0 unspecified atom stereocenters. The second kappa shape index (κ2) is 8.51. The zero-order chi connectivity index (χ0) is 20.3. The van der Waals surface area contributed by atoms with Gasteiger partial charge in [0.25, 0.3) is 0 Å². The van der Waals surface area contributed by atoms with E-state index in [1.165, 1.54) is 17.5 Å². The highest BCUT2D eigenvalue weighted by Crippen LogP contribution is 2.29. The summed E-state index contributed by atoms with van der Waals surface area (Å²) in [6, 6.07) is 11.8. The fraction of sp³-hybridized carbons (Fsp3) is 0.350. The lowest BCUT2D eigenvalue weighted by molar-refractivity contribution is -0.120. The Morgan fingerprint density at radius 3 is 2.71 bits per heavy atom. The van der Waals surface area contributed by atoms with Crippen LogP contribution in [-0.2, 0) is 14.8 Å². The van der Waals surface area contributed by atoms with Gasteiger partial charge >= 0.3 is 0 Å². The van der Waals surface area contributed by atoms with Crippen molar-refractivity contribution in [1.82, 2.24) is 4.31 Å². The number of rotatable bonds is 5. The van der Waals surface area contributed by atoms with Gasteiger partial charge in [-0.3, -0.25) is 4.79 Å². The molecule has 28 heavy (non-hydrogen) atoms. The Hall–Kier alpha value is -2.09. The van der Waals surface area contributed by atoms with Crippen molar-refractivity contribution in [1.29, 1.82) is 0 Å². The molecule has 6 nitrogen and oxygen atoms in total. The Morgan fingerprint density at radius 2 is 2.00 bits per heavy atom. The zero-order valence-electron chi connectivity index (χ0n) is 15.8. The first-order valence-corrected chi connectivity index (χ1v) is 10.8. The fourth-order valence-electron chi connectivity index (χ4n) is 3.24. The van der Waals surface area contributed by atoms with E-state index in [2.05, 4.69) is 5.32 Å². The lowest BCUT2D eigenvalue weighted by atomic mass is 9.98. The number of halogens is 1. The number of benzene rings is 2. The van der Waals surface area contributed by atoms with Crippen LogP contribution in [0, 0.1) is 12.8 Å². The molecule has 150 valence electrons. The SMILES string of the molecule is COc1ccccc1NC(=O)[C@H]1CCCN(S(=O)(=O)c2ccc(C)c(Cl)c2)C1. The van der Waals surface area contributed by atoms with Crippen molar-refractivity contribution >= 4 is 33.2 Å². The van der Waals surface area contributed by atoms with Crippen molar-refractivity contribution in [2.75, 3.05) is 25.5 Å². The van der Waals surface area contributed by atoms with Crippen LogP contribution in [0.15, 0.2) is 47.4 Å². The largest absolute Gasteiger partial charge is 0.495 e. The van der Waals surface area contributed by atoms with Gasteiger partial charge in [0.1, 0.15) is 5.75 Å². The molecule has 2 aromatic carbocycles. The van der Waals surface area contributed by atoms with E-state index < -0.39 is 15.9 Å².